The molecule has 0 fully saturated rings. The molecule has 3 rings (SSSR count). The number of pyridine rings is 1. The van der Waals surface area contributed by atoms with Crippen molar-refractivity contribution in [1.82, 2.24) is 4.98 Å². The van der Waals surface area contributed by atoms with E-state index in [0.29, 0.717) is 5.25 Å². The maximum absolute atomic E-state index is 4.77. The molecule has 2 heterocycles. The Kier molecular flexibility index (Phi) is 2.21. The molecule has 1 nitrogen and oxygen atoms in total. The lowest BCUT2D eigenvalue weighted by Gasteiger charge is -2.08. The molecular weight excluding hydrogens is 214 g/mol. The van der Waals surface area contributed by atoms with Crippen molar-refractivity contribution in [3.63, 3.8) is 0 Å². The van der Waals surface area contributed by atoms with Gasteiger partial charge >= 0.3 is 0 Å². The minimum atomic E-state index is 0.696. The van der Waals surface area contributed by atoms with Gasteiger partial charge in [-0.15, -0.1) is 11.8 Å². The fraction of sp³-hybridized carbons (Fsp3) is 0.357. The van der Waals surface area contributed by atoms with Crippen molar-refractivity contribution in [2.24, 2.45) is 0 Å². The summed E-state index contributed by atoms with van der Waals surface area (Å²) in [7, 11) is 0. The number of hydrogen-bond donors (Lipinski definition) is 0. The molecule has 2 aromatic rings. The van der Waals surface area contributed by atoms with Gasteiger partial charge in [-0.1, -0.05) is 25.1 Å². The first-order valence-corrected chi connectivity index (χ1v) is 6.60. The van der Waals surface area contributed by atoms with Crippen molar-refractivity contribution in [1.29, 1.82) is 0 Å². The number of aromatic nitrogens is 1. The smallest absolute Gasteiger partial charge is 0.0745 e. The second kappa shape index (κ2) is 3.49. The molecule has 0 amide bonds. The lowest BCUT2D eigenvalue weighted by molar-refractivity contribution is 0.936. The molecule has 82 valence electrons. The zero-order chi connectivity index (χ0) is 11.3. The number of fused-ring (bicyclic) bond motifs is 3. The van der Waals surface area contributed by atoms with Gasteiger partial charge in [-0.05, 0) is 31.4 Å². The van der Waals surface area contributed by atoms with E-state index in [-0.39, 0.29) is 0 Å². The minimum Gasteiger partial charge on any atom is -0.252 e. The molecule has 0 N–H and O–H groups in total. The van der Waals surface area contributed by atoms with E-state index in [1.54, 1.807) is 0 Å². The molecule has 1 aromatic carbocycles. The summed E-state index contributed by atoms with van der Waals surface area (Å²) in [4.78, 5) is 6.24. The number of rotatable bonds is 0. The van der Waals surface area contributed by atoms with Crippen molar-refractivity contribution >= 4 is 22.7 Å². The lowest BCUT2D eigenvalue weighted by atomic mass is 10.0. The Morgan fingerprint density at radius 3 is 2.94 bits per heavy atom. The van der Waals surface area contributed by atoms with Gasteiger partial charge in [0.05, 0.1) is 5.52 Å². The first-order valence-electron chi connectivity index (χ1n) is 5.72. The molecule has 0 bridgehead atoms. The Morgan fingerprint density at radius 2 is 2.12 bits per heavy atom. The zero-order valence-electron chi connectivity index (χ0n) is 9.87. The number of hydrogen-bond acceptors (Lipinski definition) is 2. The highest BCUT2D eigenvalue weighted by molar-refractivity contribution is 8.00. The lowest BCUT2D eigenvalue weighted by Crippen LogP contribution is -1.96. The molecule has 0 saturated carbocycles. The SMILES string of the molecule is Cc1nc2c(C)cccc2c2c1C[C@H](C)S2. The van der Waals surface area contributed by atoms with E-state index in [1.165, 1.54) is 39.0 Å². The van der Waals surface area contributed by atoms with Crippen LogP contribution in [0.3, 0.4) is 0 Å². The van der Waals surface area contributed by atoms with E-state index in [9.17, 15) is 0 Å². The van der Waals surface area contributed by atoms with Crippen LogP contribution >= 0.6 is 11.8 Å². The van der Waals surface area contributed by atoms with Gasteiger partial charge in [0, 0.05) is 21.2 Å². The molecule has 1 atom stereocenters. The van der Waals surface area contributed by atoms with Crippen LogP contribution in [0.1, 0.15) is 23.7 Å². The van der Waals surface area contributed by atoms with Crippen LogP contribution in [-0.4, -0.2) is 10.2 Å². The predicted molar refractivity (Wildman–Crippen MR) is 70.2 cm³/mol. The summed E-state index contributed by atoms with van der Waals surface area (Å²) in [6.45, 7) is 6.58. The maximum Gasteiger partial charge on any atom is 0.0745 e. The van der Waals surface area contributed by atoms with Crippen molar-refractivity contribution in [3.05, 3.63) is 35.0 Å². The number of para-hydroxylation sites is 1. The van der Waals surface area contributed by atoms with Crippen molar-refractivity contribution in [2.75, 3.05) is 0 Å². The van der Waals surface area contributed by atoms with Gasteiger partial charge in [0.1, 0.15) is 0 Å². The van der Waals surface area contributed by atoms with Crippen LogP contribution in [0.4, 0.5) is 0 Å². The second-order valence-corrected chi connectivity index (χ2v) is 6.06. The highest BCUT2D eigenvalue weighted by Crippen LogP contribution is 2.42. The largest absolute Gasteiger partial charge is 0.252 e. The summed E-state index contributed by atoms with van der Waals surface area (Å²) >= 11 is 2.00. The molecule has 1 aliphatic rings. The van der Waals surface area contributed by atoms with Crippen LogP contribution in [0.15, 0.2) is 23.1 Å². The van der Waals surface area contributed by atoms with Crippen LogP contribution in [0.25, 0.3) is 10.9 Å². The Labute approximate surface area is 100 Å². The van der Waals surface area contributed by atoms with Crippen molar-refractivity contribution < 1.29 is 0 Å². The van der Waals surface area contributed by atoms with E-state index in [4.69, 9.17) is 4.98 Å². The number of nitrogens with zero attached hydrogens (tertiary/aromatic N) is 1. The summed E-state index contributed by atoms with van der Waals surface area (Å²) < 4.78 is 0. The van der Waals surface area contributed by atoms with Crippen LogP contribution < -0.4 is 0 Å². The molecular formula is C14H15NS. The Morgan fingerprint density at radius 1 is 1.31 bits per heavy atom. The third-order valence-corrected chi connectivity index (χ3v) is 4.55. The van der Waals surface area contributed by atoms with Crippen molar-refractivity contribution in [3.8, 4) is 0 Å². The highest BCUT2D eigenvalue weighted by Gasteiger charge is 2.23. The summed E-state index contributed by atoms with van der Waals surface area (Å²) in [5.74, 6) is 0. The molecule has 0 saturated heterocycles. The summed E-state index contributed by atoms with van der Waals surface area (Å²) in [6, 6.07) is 6.49. The van der Waals surface area contributed by atoms with E-state index >= 15 is 0 Å². The first-order chi connectivity index (χ1) is 7.66. The average molecular weight is 229 g/mol. The summed E-state index contributed by atoms with van der Waals surface area (Å²) in [5.41, 5.74) is 5.15. The first kappa shape index (κ1) is 10.2. The Balaban J connectivity index is 2.41. The normalized spacial score (nSPS) is 19.1. The monoisotopic (exact) mass is 229 g/mol. The topological polar surface area (TPSA) is 12.9 Å². The van der Waals surface area contributed by atoms with Gasteiger partial charge in [0.25, 0.3) is 0 Å². The number of aryl methyl sites for hydroxylation is 2. The number of benzene rings is 1. The molecule has 1 aliphatic heterocycles. The van der Waals surface area contributed by atoms with Gasteiger partial charge in [-0.3, -0.25) is 4.98 Å². The third kappa shape index (κ3) is 1.36. The van der Waals surface area contributed by atoms with Gasteiger partial charge in [0.2, 0.25) is 0 Å². The molecule has 1 aromatic heterocycles. The fourth-order valence-electron chi connectivity index (χ4n) is 2.46. The third-order valence-electron chi connectivity index (χ3n) is 3.28. The van der Waals surface area contributed by atoms with Crippen molar-refractivity contribution in [2.45, 2.75) is 37.3 Å². The van der Waals surface area contributed by atoms with Gasteiger partial charge in [0.15, 0.2) is 0 Å². The summed E-state index contributed by atoms with van der Waals surface area (Å²) in [6.07, 6.45) is 1.17. The quantitative estimate of drug-likeness (QED) is 0.679. The average Bonchev–Trinajstić information content (AvgIpc) is 2.63. The van der Waals surface area contributed by atoms with Crippen LogP contribution in [0, 0.1) is 13.8 Å². The maximum atomic E-state index is 4.77. The van der Waals surface area contributed by atoms with E-state index in [2.05, 4.69) is 39.0 Å². The Hall–Kier alpha value is -1.02. The van der Waals surface area contributed by atoms with E-state index in [1.807, 2.05) is 11.8 Å². The zero-order valence-corrected chi connectivity index (χ0v) is 10.7. The summed E-state index contributed by atoms with van der Waals surface area (Å²) in [5, 5.41) is 2.04. The van der Waals surface area contributed by atoms with Gasteiger partial charge < -0.3 is 0 Å². The van der Waals surface area contributed by atoms with E-state index in [0.717, 1.165) is 0 Å². The molecule has 0 spiro atoms. The number of thioether (sulfide) groups is 1. The van der Waals surface area contributed by atoms with Crippen LogP contribution in [0.2, 0.25) is 0 Å². The van der Waals surface area contributed by atoms with Crippen LogP contribution in [-0.2, 0) is 6.42 Å². The van der Waals surface area contributed by atoms with Gasteiger partial charge in [-0.2, -0.15) is 0 Å². The van der Waals surface area contributed by atoms with Crippen LogP contribution in [0.5, 0.6) is 0 Å². The molecule has 2 heteroatoms. The Bertz CT molecular complexity index is 574. The second-order valence-electron chi connectivity index (χ2n) is 4.61. The minimum absolute atomic E-state index is 0.696. The highest BCUT2D eigenvalue weighted by atomic mass is 32.2. The van der Waals surface area contributed by atoms with Gasteiger partial charge in [-0.25, -0.2) is 0 Å². The molecule has 16 heavy (non-hydrogen) atoms. The molecule has 0 radical (unpaired) electrons. The molecule has 0 unspecified atom stereocenters. The van der Waals surface area contributed by atoms with E-state index < -0.39 is 0 Å². The predicted octanol–water partition coefficient (Wildman–Crippen LogP) is 3.89. The molecule has 0 aliphatic carbocycles. The fourth-order valence-corrected chi connectivity index (χ4v) is 3.78. The standard InChI is InChI=1S/C14H15NS/c1-8-5-4-6-11-13(8)15-10(3)12-7-9(2)16-14(11)12/h4-6,9H,7H2,1-3H3/t9-/m0/s1.